The Kier molecular flexibility index (Phi) is 7.03. The molecule has 0 aliphatic carbocycles. The van der Waals surface area contributed by atoms with Gasteiger partial charge in [-0.1, -0.05) is 43.3 Å². The first-order valence-corrected chi connectivity index (χ1v) is 13.0. The van der Waals surface area contributed by atoms with Gasteiger partial charge in [0.05, 0.1) is 30.3 Å². The largest absolute Gasteiger partial charge is 0.496 e. The van der Waals surface area contributed by atoms with E-state index in [-0.39, 0.29) is 23.4 Å². The third kappa shape index (κ3) is 4.98. The molecule has 7 nitrogen and oxygen atoms in total. The highest BCUT2D eigenvalue weighted by molar-refractivity contribution is 7.92. The zero-order chi connectivity index (χ0) is 25.2. The summed E-state index contributed by atoms with van der Waals surface area (Å²) in [6, 6.07) is 19.1. The second-order valence-corrected chi connectivity index (χ2v) is 10.5. The molecule has 1 amide bonds. The van der Waals surface area contributed by atoms with E-state index in [0.29, 0.717) is 17.9 Å². The summed E-state index contributed by atoms with van der Waals surface area (Å²) in [7, 11) is -2.28. The number of nitrogens with zero attached hydrogens (tertiary/aromatic N) is 1. The van der Waals surface area contributed by atoms with Crippen LogP contribution in [-0.4, -0.2) is 34.1 Å². The summed E-state index contributed by atoms with van der Waals surface area (Å²) in [6.07, 6.45) is -0.344. The highest BCUT2D eigenvalue weighted by atomic mass is 32.2. The van der Waals surface area contributed by atoms with Crippen LogP contribution in [0.4, 0.5) is 5.69 Å². The number of hydrogen-bond donors (Lipinski definition) is 1. The van der Waals surface area contributed by atoms with E-state index in [9.17, 15) is 13.2 Å². The van der Waals surface area contributed by atoms with E-state index in [0.717, 1.165) is 22.4 Å². The quantitative estimate of drug-likeness (QED) is 0.521. The van der Waals surface area contributed by atoms with Gasteiger partial charge in [0.2, 0.25) is 0 Å². The Labute approximate surface area is 206 Å². The second kappa shape index (κ2) is 10.00. The molecular weight excluding hydrogens is 464 g/mol. The van der Waals surface area contributed by atoms with Gasteiger partial charge < -0.3 is 14.8 Å². The molecule has 0 spiro atoms. The van der Waals surface area contributed by atoms with Crippen LogP contribution in [0.25, 0.3) is 0 Å². The summed E-state index contributed by atoms with van der Waals surface area (Å²) in [5.41, 5.74) is 3.23. The van der Waals surface area contributed by atoms with Crippen LogP contribution in [0.3, 0.4) is 0 Å². The van der Waals surface area contributed by atoms with Crippen LogP contribution < -0.4 is 19.1 Å². The van der Waals surface area contributed by atoms with Crippen molar-refractivity contribution in [3.05, 3.63) is 83.4 Å². The van der Waals surface area contributed by atoms with E-state index in [4.69, 9.17) is 9.47 Å². The first-order valence-electron chi connectivity index (χ1n) is 11.5. The maximum absolute atomic E-state index is 13.6. The zero-order valence-electron chi connectivity index (χ0n) is 20.3. The molecule has 8 heteroatoms. The normalized spacial score (nSPS) is 16.1. The number of hydrogen-bond acceptors (Lipinski definition) is 5. The number of carbonyl (C=O) groups excluding carboxylic acids is 1. The van der Waals surface area contributed by atoms with Crippen molar-refractivity contribution < 1.29 is 22.7 Å². The molecule has 0 saturated carbocycles. The van der Waals surface area contributed by atoms with E-state index >= 15 is 0 Å². The number of nitrogens with one attached hydrogen (secondary N) is 1. The third-order valence-electron chi connectivity index (χ3n) is 6.15. The number of ether oxygens (including phenoxy) is 2. The van der Waals surface area contributed by atoms with E-state index < -0.39 is 16.1 Å². The molecule has 1 aliphatic heterocycles. The summed E-state index contributed by atoms with van der Waals surface area (Å²) in [4.78, 5) is 13.5. The predicted octanol–water partition coefficient (Wildman–Crippen LogP) is 4.54. The topological polar surface area (TPSA) is 84.9 Å². The van der Waals surface area contributed by atoms with Gasteiger partial charge in [-0.3, -0.25) is 9.10 Å². The van der Waals surface area contributed by atoms with Gasteiger partial charge in [-0.25, -0.2) is 8.42 Å². The Morgan fingerprint density at radius 3 is 2.51 bits per heavy atom. The van der Waals surface area contributed by atoms with E-state index in [1.807, 2.05) is 45.0 Å². The van der Waals surface area contributed by atoms with Gasteiger partial charge in [-0.2, -0.15) is 0 Å². The van der Waals surface area contributed by atoms with Gasteiger partial charge in [0.1, 0.15) is 11.5 Å². The summed E-state index contributed by atoms with van der Waals surface area (Å²) in [6.45, 7) is 5.69. The molecule has 3 aromatic rings. The van der Waals surface area contributed by atoms with Crippen LogP contribution in [0.2, 0.25) is 0 Å². The van der Waals surface area contributed by atoms with Crippen LogP contribution in [0.1, 0.15) is 36.1 Å². The fourth-order valence-corrected chi connectivity index (χ4v) is 5.74. The number of aryl methyl sites for hydroxylation is 2. The molecule has 0 saturated heterocycles. The van der Waals surface area contributed by atoms with Crippen LogP contribution in [0.5, 0.6) is 11.5 Å². The van der Waals surface area contributed by atoms with Crippen LogP contribution in [-0.2, 0) is 14.8 Å². The Hall–Kier alpha value is -3.52. The van der Waals surface area contributed by atoms with Gasteiger partial charge in [-0.05, 0) is 67.3 Å². The number of anilines is 1. The molecule has 1 N–H and O–H groups in total. The standard InChI is InChI=1S/C27H30N2O5S/c1-5-22(20-12-14-24(33-4)19(3)16-20)28-27(30)26-17-29(23-15-18(2)11-13-25(23)34-26)35(31,32)21-9-7-6-8-10-21/h6-16,22,26H,5,17H2,1-4H3,(H,28,30). The molecule has 2 atom stereocenters. The Morgan fingerprint density at radius 2 is 1.86 bits per heavy atom. The first-order chi connectivity index (χ1) is 16.7. The lowest BCUT2D eigenvalue weighted by atomic mass is 10.0. The number of methoxy groups -OCH3 is 1. The summed E-state index contributed by atoms with van der Waals surface area (Å²) in [5.74, 6) is 0.763. The monoisotopic (exact) mass is 494 g/mol. The van der Waals surface area contributed by atoms with Gasteiger partial charge in [0.15, 0.2) is 6.10 Å². The van der Waals surface area contributed by atoms with Crippen molar-refractivity contribution in [1.82, 2.24) is 5.32 Å². The minimum atomic E-state index is -3.90. The SMILES string of the molecule is CCC(NC(=O)C1CN(S(=O)(=O)c2ccccc2)c2cc(C)ccc2O1)c1ccc(OC)c(C)c1. The molecule has 184 valence electrons. The van der Waals surface area contributed by atoms with Crippen molar-refractivity contribution in [2.45, 2.75) is 44.2 Å². The van der Waals surface area contributed by atoms with Crippen LogP contribution in [0, 0.1) is 13.8 Å². The lowest BCUT2D eigenvalue weighted by Gasteiger charge is -2.35. The van der Waals surface area contributed by atoms with Gasteiger partial charge in [0.25, 0.3) is 15.9 Å². The van der Waals surface area contributed by atoms with Crippen molar-refractivity contribution in [1.29, 1.82) is 0 Å². The predicted molar refractivity (Wildman–Crippen MR) is 135 cm³/mol. The smallest absolute Gasteiger partial charge is 0.264 e. The van der Waals surface area contributed by atoms with Crippen LogP contribution >= 0.6 is 0 Å². The Balaban J connectivity index is 1.63. The lowest BCUT2D eigenvalue weighted by molar-refractivity contribution is -0.128. The number of carbonyl (C=O) groups is 1. The maximum atomic E-state index is 13.6. The lowest BCUT2D eigenvalue weighted by Crippen LogP contribution is -2.51. The molecule has 3 aromatic carbocycles. The molecule has 0 aromatic heterocycles. The average molecular weight is 495 g/mol. The molecule has 1 heterocycles. The molecular formula is C27H30N2O5S. The molecule has 0 bridgehead atoms. The van der Waals surface area contributed by atoms with Gasteiger partial charge in [-0.15, -0.1) is 0 Å². The number of amides is 1. The van der Waals surface area contributed by atoms with Crippen LogP contribution in [0.15, 0.2) is 71.6 Å². The maximum Gasteiger partial charge on any atom is 0.264 e. The molecule has 0 radical (unpaired) electrons. The third-order valence-corrected chi connectivity index (χ3v) is 7.95. The van der Waals surface area contributed by atoms with E-state index in [1.165, 1.54) is 4.31 Å². The van der Waals surface area contributed by atoms with Crippen molar-refractivity contribution in [2.75, 3.05) is 18.0 Å². The minimum absolute atomic E-state index is 0.127. The van der Waals surface area contributed by atoms with Crippen molar-refractivity contribution in [3.8, 4) is 11.5 Å². The number of benzene rings is 3. The molecule has 35 heavy (non-hydrogen) atoms. The molecule has 4 rings (SSSR count). The number of sulfonamides is 1. The first kappa shape index (κ1) is 24.6. The fourth-order valence-electron chi connectivity index (χ4n) is 4.25. The number of fused-ring (bicyclic) bond motifs is 1. The second-order valence-electron chi connectivity index (χ2n) is 8.63. The minimum Gasteiger partial charge on any atom is -0.496 e. The van der Waals surface area contributed by atoms with Gasteiger partial charge in [0, 0.05) is 0 Å². The fraction of sp³-hybridized carbons (Fsp3) is 0.296. The highest BCUT2D eigenvalue weighted by Gasteiger charge is 2.38. The molecule has 1 aliphatic rings. The van der Waals surface area contributed by atoms with Crippen molar-refractivity contribution >= 4 is 21.6 Å². The Morgan fingerprint density at radius 1 is 1.11 bits per heavy atom. The summed E-state index contributed by atoms with van der Waals surface area (Å²) < 4.78 is 39.7. The summed E-state index contributed by atoms with van der Waals surface area (Å²) in [5, 5.41) is 3.05. The highest BCUT2D eigenvalue weighted by Crippen LogP contribution is 2.38. The summed E-state index contributed by atoms with van der Waals surface area (Å²) >= 11 is 0. The van der Waals surface area contributed by atoms with Crippen molar-refractivity contribution in [2.24, 2.45) is 0 Å². The number of rotatable bonds is 7. The van der Waals surface area contributed by atoms with E-state index in [1.54, 1.807) is 49.6 Å². The van der Waals surface area contributed by atoms with Crippen molar-refractivity contribution in [3.63, 3.8) is 0 Å². The Bertz CT molecular complexity index is 1320. The molecule has 0 fully saturated rings. The average Bonchev–Trinajstić information content (AvgIpc) is 2.86. The zero-order valence-corrected chi connectivity index (χ0v) is 21.1. The van der Waals surface area contributed by atoms with Gasteiger partial charge >= 0.3 is 0 Å². The molecule has 2 unspecified atom stereocenters. The van der Waals surface area contributed by atoms with E-state index in [2.05, 4.69) is 5.32 Å².